The first-order valence-corrected chi connectivity index (χ1v) is 1.22. The van der Waals surface area contributed by atoms with Crippen molar-refractivity contribution in [2.24, 2.45) is 0 Å². The minimum absolute atomic E-state index is 0. The molecule has 2 nitrogen and oxygen atoms in total. The van der Waals surface area contributed by atoms with Gasteiger partial charge in [-0.3, -0.25) is 8.92 Å². The third-order valence-electron chi connectivity index (χ3n) is 0. The first-order valence-electron chi connectivity index (χ1n) is 0.408. The molecule has 0 N–H and O–H groups in total. The Morgan fingerprint density at radius 2 is 1.50 bits per heavy atom. The Labute approximate surface area is 76.2 Å². The fourth-order valence-corrected chi connectivity index (χ4v) is 0. The van der Waals surface area contributed by atoms with E-state index in [0.717, 1.165) is 0 Å². The first-order chi connectivity index (χ1) is 1.41. The number of hydrogen-bond acceptors (Lipinski definition) is 2. The smallest absolute Gasteiger partial charge is 1.00 e. The van der Waals surface area contributed by atoms with Crippen molar-refractivity contribution in [3.8, 4) is 0 Å². The predicted octanol–water partition coefficient (Wildman–Crippen LogP) is -3.50. The van der Waals surface area contributed by atoms with Crippen LogP contribution in [-0.4, -0.2) is 9.29 Å². The van der Waals surface area contributed by atoms with Gasteiger partial charge in [-0.25, -0.2) is 0 Å². The van der Waals surface area contributed by atoms with Crippen molar-refractivity contribution < 1.29 is 68.5 Å². The molecule has 0 amide bonds. The normalized spacial score (nSPS) is 2.00. The maximum Gasteiger partial charge on any atom is 1.00 e. The van der Waals surface area contributed by atoms with E-state index in [2.05, 4.69) is 0 Å². The molecule has 0 heterocycles. The van der Waals surface area contributed by atoms with E-state index in [-0.39, 0.29) is 59.6 Å². The standard InChI is InChI=1S/O2Si.Rb.H/c1-3-2;;/q;+1;-1. The van der Waals surface area contributed by atoms with Gasteiger partial charge in [-0.15, -0.1) is 0 Å². The first kappa shape index (κ1) is 9.15. The van der Waals surface area contributed by atoms with E-state index in [0.29, 0.717) is 0 Å². The van der Waals surface area contributed by atoms with Crippen molar-refractivity contribution in [3.63, 3.8) is 0 Å². The minimum atomic E-state index is -1.42. The predicted molar refractivity (Wildman–Crippen MR) is 8.24 cm³/mol. The average molecular weight is 147 g/mol. The van der Waals surface area contributed by atoms with Gasteiger partial charge in [-0.1, -0.05) is 0 Å². The summed E-state index contributed by atoms with van der Waals surface area (Å²) in [7, 11) is -1.42. The van der Waals surface area contributed by atoms with Crippen molar-refractivity contribution >= 4 is 9.29 Å². The van der Waals surface area contributed by atoms with Gasteiger partial charge in [-0.05, 0) is 0 Å². The van der Waals surface area contributed by atoms with Crippen LogP contribution in [0.3, 0.4) is 0 Å². The van der Waals surface area contributed by atoms with Gasteiger partial charge in [0.25, 0.3) is 0 Å². The van der Waals surface area contributed by atoms with E-state index in [9.17, 15) is 0 Å². The summed E-state index contributed by atoms with van der Waals surface area (Å²) >= 11 is 0. The van der Waals surface area contributed by atoms with Crippen molar-refractivity contribution in [1.82, 2.24) is 0 Å². The molecular formula is HO2RbSi. The molecule has 0 bridgehead atoms. The second-order valence-electron chi connectivity index (χ2n) is 0.0833. The monoisotopic (exact) mass is 146 g/mol. The van der Waals surface area contributed by atoms with E-state index in [1.165, 1.54) is 0 Å². The maximum atomic E-state index is 8.40. The molecule has 0 spiro atoms. The molecule has 0 saturated heterocycles. The third-order valence-corrected chi connectivity index (χ3v) is 0. The molecule has 0 rings (SSSR count). The molecule has 0 aromatic carbocycles. The van der Waals surface area contributed by atoms with Crippen molar-refractivity contribution in [1.29, 1.82) is 0 Å². The van der Waals surface area contributed by atoms with E-state index < -0.39 is 9.29 Å². The van der Waals surface area contributed by atoms with Crippen LogP contribution in [0.2, 0.25) is 0 Å². The summed E-state index contributed by atoms with van der Waals surface area (Å²) in [5, 5.41) is 0. The topological polar surface area (TPSA) is 34.1 Å². The van der Waals surface area contributed by atoms with Gasteiger partial charge in [0.15, 0.2) is 0 Å². The zero-order valence-corrected chi connectivity index (χ0v) is 8.23. The van der Waals surface area contributed by atoms with E-state index >= 15 is 0 Å². The number of hydrogen-bond donors (Lipinski definition) is 0. The van der Waals surface area contributed by atoms with E-state index in [4.69, 9.17) is 8.92 Å². The number of rotatable bonds is 0. The Kier molecular flexibility index (Phi) is 20.2. The Morgan fingerprint density at radius 1 is 1.50 bits per heavy atom. The fraction of sp³-hybridized carbons (Fsp3) is 0. The van der Waals surface area contributed by atoms with Crippen LogP contribution in [0.4, 0.5) is 0 Å². The summed E-state index contributed by atoms with van der Waals surface area (Å²) in [6.45, 7) is 0. The van der Waals surface area contributed by atoms with Gasteiger partial charge in [0.1, 0.15) is 0 Å². The van der Waals surface area contributed by atoms with Gasteiger partial charge < -0.3 is 1.43 Å². The summed E-state index contributed by atoms with van der Waals surface area (Å²) in [5.74, 6) is 0. The van der Waals surface area contributed by atoms with Crippen LogP contribution >= 0.6 is 0 Å². The largest absolute Gasteiger partial charge is 1.00 e. The molecule has 0 aliphatic rings. The summed E-state index contributed by atoms with van der Waals surface area (Å²) in [6.07, 6.45) is 0. The molecule has 0 unspecified atom stereocenters. The minimum Gasteiger partial charge on any atom is -1.00 e. The molecule has 0 aromatic heterocycles. The Hall–Kier alpha value is 1.62. The molecular weight excluding hydrogens is 146 g/mol. The molecule has 0 saturated carbocycles. The quantitative estimate of drug-likeness (QED) is 0.333. The Morgan fingerprint density at radius 3 is 1.50 bits per heavy atom. The summed E-state index contributed by atoms with van der Waals surface area (Å²) in [5.41, 5.74) is 0. The van der Waals surface area contributed by atoms with Crippen molar-refractivity contribution in [3.05, 3.63) is 0 Å². The zero-order chi connectivity index (χ0) is 2.71. The molecule has 0 aliphatic carbocycles. The van der Waals surface area contributed by atoms with Crippen molar-refractivity contribution in [2.45, 2.75) is 0 Å². The SMILES string of the molecule is O=[Si]=O.[H-].[Rb+]. The van der Waals surface area contributed by atoms with Crippen LogP contribution < -0.4 is 58.2 Å². The molecule has 0 atom stereocenters. The van der Waals surface area contributed by atoms with E-state index in [1.54, 1.807) is 0 Å². The second-order valence-corrected chi connectivity index (χ2v) is 0.250. The van der Waals surface area contributed by atoms with Crippen molar-refractivity contribution in [2.75, 3.05) is 0 Å². The molecule has 0 radical (unpaired) electrons. The van der Waals surface area contributed by atoms with Crippen LogP contribution in [0.1, 0.15) is 1.43 Å². The fourth-order valence-electron chi connectivity index (χ4n) is 0. The molecule has 4 heavy (non-hydrogen) atoms. The van der Waals surface area contributed by atoms with Crippen LogP contribution in [0.25, 0.3) is 0 Å². The Balaban J connectivity index is -0.0000000200. The van der Waals surface area contributed by atoms with Gasteiger partial charge in [0.2, 0.25) is 0 Å². The average Bonchev–Trinajstić information content (AvgIpc) is 0.918. The summed E-state index contributed by atoms with van der Waals surface area (Å²) < 4.78 is 16.8. The summed E-state index contributed by atoms with van der Waals surface area (Å²) in [6, 6.07) is 0. The van der Waals surface area contributed by atoms with Gasteiger partial charge in [0.05, 0.1) is 0 Å². The third kappa shape index (κ3) is 9.46. The van der Waals surface area contributed by atoms with Crippen LogP contribution in [0.15, 0.2) is 0 Å². The maximum absolute atomic E-state index is 8.40. The molecule has 0 aromatic rings. The Bertz CT molecular complexity index is 30.6. The molecule has 0 fully saturated rings. The molecule has 4 heteroatoms. The zero-order valence-electron chi connectivity index (χ0n) is 3.32. The summed E-state index contributed by atoms with van der Waals surface area (Å²) in [4.78, 5) is 0. The van der Waals surface area contributed by atoms with Crippen LogP contribution in [0, 0.1) is 0 Å². The van der Waals surface area contributed by atoms with Crippen LogP contribution in [0.5, 0.6) is 0 Å². The van der Waals surface area contributed by atoms with Gasteiger partial charge in [0, 0.05) is 0 Å². The van der Waals surface area contributed by atoms with E-state index in [1.807, 2.05) is 0 Å². The van der Waals surface area contributed by atoms with Gasteiger partial charge >= 0.3 is 67.5 Å². The van der Waals surface area contributed by atoms with Gasteiger partial charge in [-0.2, -0.15) is 0 Å². The van der Waals surface area contributed by atoms with Crippen LogP contribution in [-0.2, 0) is 8.92 Å². The molecule has 0 aliphatic heterocycles. The second kappa shape index (κ2) is 8.82. The molecule has 18 valence electrons.